The van der Waals surface area contributed by atoms with Crippen LogP contribution in [0.1, 0.15) is 38.1 Å². The summed E-state index contributed by atoms with van der Waals surface area (Å²) in [6, 6.07) is 0. The van der Waals surface area contributed by atoms with Gasteiger partial charge in [-0.3, -0.25) is 4.79 Å². The van der Waals surface area contributed by atoms with Gasteiger partial charge in [0.25, 0.3) is 5.91 Å². The summed E-state index contributed by atoms with van der Waals surface area (Å²) < 4.78 is 8.50. The van der Waals surface area contributed by atoms with E-state index >= 15 is 0 Å². The van der Waals surface area contributed by atoms with E-state index in [-0.39, 0.29) is 5.91 Å². The number of hydrogen-bond donors (Lipinski definition) is 1. The molecule has 1 amide bonds. The maximum Gasteiger partial charge on any atom is 0.251 e. The molecule has 0 radical (unpaired) electrons. The van der Waals surface area contributed by atoms with Crippen LogP contribution in [0.25, 0.3) is 0 Å². The second-order valence-corrected chi connectivity index (χ2v) is 8.19. The van der Waals surface area contributed by atoms with Gasteiger partial charge in [0.05, 0.1) is 6.54 Å². The van der Waals surface area contributed by atoms with Crippen molar-refractivity contribution in [1.82, 2.24) is 24.8 Å². The highest BCUT2D eigenvalue weighted by molar-refractivity contribution is 5.80. The van der Waals surface area contributed by atoms with E-state index in [0.717, 1.165) is 43.3 Å². The predicted molar refractivity (Wildman–Crippen MR) is 105 cm³/mol. The fourth-order valence-electron chi connectivity index (χ4n) is 3.91. The Morgan fingerprint density at radius 1 is 1.29 bits per heavy atom. The quantitative estimate of drug-likeness (QED) is 0.863. The number of nitrogens with one attached hydrogen (secondary N) is 1. The number of hydrogen-bond acceptors (Lipinski definition) is 6. The molecule has 2 aliphatic rings. The third-order valence-corrected chi connectivity index (χ3v) is 5.45. The molecular formula is C20H28N6O2. The molecule has 0 bridgehead atoms. The Kier molecular flexibility index (Phi) is 5.05. The number of rotatable bonds is 4. The fourth-order valence-corrected chi connectivity index (χ4v) is 3.91. The van der Waals surface area contributed by atoms with Crippen LogP contribution in [0.3, 0.4) is 0 Å². The van der Waals surface area contributed by atoms with Crippen LogP contribution in [-0.4, -0.2) is 51.2 Å². The van der Waals surface area contributed by atoms with Gasteiger partial charge in [-0.25, -0.2) is 15.0 Å². The van der Waals surface area contributed by atoms with Crippen molar-refractivity contribution in [2.75, 3.05) is 24.5 Å². The molecule has 1 fully saturated rings. The molecule has 0 aromatic carbocycles. The molecule has 4 heterocycles. The Hall–Kier alpha value is -2.48. The van der Waals surface area contributed by atoms with Gasteiger partial charge in [-0.15, -0.1) is 0 Å². The standard InChI is InChI=1S/C20H28N6O2/c1-14(2)10-22-17(27)16-13-26-9-6-21-18(26)20(28-16)4-7-25(8-5-20)19-23-11-15(3)12-24-19/h6,9,11-12,14,16H,4-5,7-8,10,13H2,1-3H3,(H,22,27)/t16-/m1/s1. The third-order valence-electron chi connectivity index (χ3n) is 5.45. The number of carbonyl (C=O) groups excluding carboxylic acids is 1. The molecule has 1 atom stereocenters. The number of fused-ring (bicyclic) bond motifs is 2. The summed E-state index contributed by atoms with van der Waals surface area (Å²) in [6.45, 7) is 8.83. The number of nitrogens with zero attached hydrogens (tertiary/aromatic N) is 5. The number of ether oxygens (including phenoxy) is 1. The van der Waals surface area contributed by atoms with Crippen LogP contribution in [0.4, 0.5) is 5.95 Å². The Bertz CT molecular complexity index is 823. The number of piperidine rings is 1. The van der Waals surface area contributed by atoms with Gasteiger partial charge in [-0.05, 0) is 18.4 Å². The Labute approximate surface area is 165 Å². The number of carbonyl (C=O) groups is 1. The maximum absolute atomic E-state index is 12.7. The van der Waals surface area contributed by atoms with Crippen molar-refractivity contribution in [1.29, 1.82) is 0 Å². The summed E-state index contributed by atoms with van der Waals surface area (Å²) in [4.78, 5) is 28.3. The van der Waals surface area contributed by atoms with E-state index in [4.69, 9.17) is 4.74 Å². The van der Waals surface area contributed by atoms with Gasteiger partial charge >= 0.3 is 0 Å². The van der Waals surface area contributed by atoms with Crippen LogP contribution >= 0.6 is 0 Å². The zero-order valence-corrected chi connectivity index (χ0v) is 16.8. The van der Waals surface area contributed by atoms with E-state index in [0.29, 0.717) is 19.0 Å². The molecule has 8 nitrogen and oxygen atoms in total. The van der Waals surface area contributed by atoms with E-state index in [1.165, 1.54) is 0 Å². The minimum absolute atomic E-state index is 0.0447. The summed E-state index contributed by atoms with van der Waals surface area (Å²) in [5.74, 6) is 2.02. The first-order valence-corrected chi connectivity index (χ1v) is 9.97. The average molecular weight is 384 g/mol. The number of imidazole rings is 1. The lowest BCUT2D eigenvalue weighted by atomic mass is 9.88. The van der Waals surface area contributed by atoms with Crippen LogP contribution in [0, 0.1) is 12.8 Å². The van der Waals surface area contributed by atoms with Crippen LogP contribution in [-0.2, 0) is 21.7 Å². The molecule has 28 heavy (non-hydrogen) atoms. The van der Waals surface area contributed by atoms with Crippen LogP contribution in [0.15, 0.2) is 24.8 Å². The van der Waals surface area contributed by atoms with Gasteiger partial charge < -0.3 is 19.5 Å². The highest BCUT2D eigenvalue weighted by Gasteiger charge is 2.47. The van der Waals surface area contributed by atoms with E-state index in [9.17, 15) is 4.79 Å². The van der Waals surface area contributed by atoms with Gasteiger partial charge in [-0.1, -0.05) is 13.8 Å². The largest absolute Gasteiger partial charge is 0.354 e. The van der Waals surface area contributed by atoms with Crippen LogP contribution < -0.4 is 10.2 Å². The number of anilines is 1. The van der Waals surface area contributed by atoms with Gasteiger partial charge in [0.2, 0.25) is 5.95 Å². The summed E-state index contributed by atoms with van der Waals surface area (Å²) in [5, 5.41) is 3.01. The Balaban J connectivity index is 1.50. The van der Waals surface area contributed by atoms with Crippen molar-refractivity contribution in [2.45, 2.75) is 51.9 Å². The van der Waals surface area contributed by atoms with Crippen molar-refractivity contribution in [3.05, 3.63) is 36.2 Å². The summed E-state index contributed by atoms with van der Waals surface area (Å²) in [5.41, 5.74) is 0.508. The molecule has 2 aliphatic heterocycles. The second-order valence-electron chi connectivity index (χ2n) is 8.19. The number of amides is 1. The molecule has 1 N–H and O–H groups in total. The SMILES string of the molecule is Cc1cnc(N2CCC3(CC2)O[C@@H](C(=O)NCC(C)C)Cn2ccnc23)nc1. The highest BCUT2D eigenvalue weighted by Crippen LogP contribution is 2.40. The van der Waals surface area contributed by atoms with E-state index in [1.54, 1.807) is 6.20 Å². The van der Waals surface area contributed by atoms with Gasteiger partial charge in [0, 0.05) is 57.3 Å². The third kappa shape index (κ3) is 3.61. The zero-order chi connectivity index (χ0) is 19.7. The van der Waals surface area contributed by atoms with Gasteiger partial charge in [-0.2, -0.15) is 0 Å². The molecule has 1 spiro atoms. The second kappa shape index (κ2) is 7.50. The van der Waals surface area contributed by atoms with Crippen LogP contribution in [0.5, 0.6) is 0 Å². The average Bonchev–Trinajstić information content (AvgIpc) is 3.17. The monoisotopic (exact) mass is 384 g/mol. The topological polar surface area (TPSA) is 85.2 Å². The van der Waals surface area contributed by atoms with Crippen LogP contribution in [0.2, 0.25) is 0 Å². The normalized spacial score (nSPS) is 21.0. The smallest absolute Gasteiger partial charge is 0.251 e. The minimum Gasteiger partial charge on any atom is -0.354 e. The zero-order valence-electron chi connectivity index (χ0n) is 16.8. The van der Waals surface area contributed by atoms with E-state index in [2.05, 4.69) is 43.6 Å². The lowest BCUT2D eigenvalue weighted by molar-refractivity contribution is -0.167. The first-order chi connectivity index (χ1) is 13.5. The first kappa shape index (κ1) is 18.9. The molecule has 0 aliphatic carbocycles. The molecule has 8 heteroatoms. The van der Waals surface area contributed by atoms with Crippen molar-refractivity contribution in [2.24, 2.45) is 5.92 Å². The van der Waals surface area contributed by atoms with Crippen molar-refractivity contribution in [3.63, 3.8) is 0 Å². The molecule has 0 unspecified atom stereocenters. The Morgan fingerprint density at radius 3 is 2.68 bits per heavy atom. The summed E-state index contributed by atoms with van der Waals surface area (Å²) in [6.07, 6.45) is 8.41. The van der Waals surface area contributed by atoms with Crippen molar-refractivity contribution < 1.29 is 9.53 Å². The molecule has 2 aromatic heterocycles. The predicted octanol–water partition coefficient (Wildman–Crippen LogP) is 1.65. The summed E-state index contributed by atoms with van der Waals surface area (Å²) in [7, 11) is 0. The number of aromatic nitrogens is 4. The lowest BCUT2D eigenvalue weighted by Crippen LogP contribution is -2.54. The molecular weight excluding hydrogens is 356 g/mol. The van der Waals surface area contributed by atoms with Crippen molar-refractivity contribution in [3.8, 4) is 0 Å². The van der Waals surface area contributed by atoms with E-state index in [1.807, 2.05) is 25.5 Å². The van der Waals surface area contributed by atoms with Gasteiger partial charge in [0.15, 0.2) is 6.10 Å². The lowest BCUT2D eigenvalue weighted by Gasteiger charge is -2.45. The van der Waals surface area contributed by atoms with Crippen molar-refractivity contribution >= 4 is 11.9 Å². The van der Waals surface area contributed by atoms with Gasteiger partial charge in [0.1, 0.15) is 11.4 Å². The maximum atomic E-state index is 12.7. The molecule has 2 aromatic rings. The van der Waals surface area contributed by atoms with E-state index < -0.39 is 11.7 Å². The minimum atomic E-state index is -0.539. The molecule has 1 saturated heterocycles. The molecule has 0 saturated carbocycles. The Morgan fingerprint density at radius 2 is 2.00 bits per heavy atom. The number of aryl methyl sites for hydroxylation is 1. The highest BCUT2D eigenvalue weighted by atomic mass is 16.5. The first-order valence-electron chi connectivity index (χ1n) is 9.97. The summed E-state index contributed by atoms with van der Waals surface area (Å²) >= 11 is 0. The molecule has 4 rings (SSSR count). The fraction of sp³-hybridized carbons (Fsp3) is 0.600. The molecule has 150 valence electrons.